The average molecular weight is 460 g/mol. The van der Waals surface area contributed by atoms with Crippen LogP contribution >= 0.6 is 0 Å². The molecule has 1 aliphatic rings. The second-order valence-electron chi connectivity index (χ2n) is 8.38. The van der Waals surface area contributed by atoms with E-state index in [-0.39, 0.29) is 16.8 Å². The van der Waals surface area contributed by atoms with Crippen molar-refractivity contribution in [3.63, 3.8) is 0 Å². The van der Waals surface area contributed by atoms with Gasteiger partial charge in [-0.05, 0) is 57.6 Å². The molecule has 1 heterocycles. The number of ether oxygens (including phenoxy) is 1. The number of aryl methyl sites for hydroxylation is 1. The molecule has 0 radical (unpaired) electrons. The molecule has 0 aromatic heterocycles. The van der Waals surface area contributed by atoms with Gasteiger partial charge in [0.15, 0.2) is 0 Å². The SMILES string of the molecule is COc1ccccc1[C@@H](CNC(=O)c1ccc(C)c(S(=O)(=O)N2CCCCC2)c1)N(C)C. The summed E-state index contributed by atoms with van der Waals surface area (Å²) in [6.07, 6.45) is 2.79. The number of nitrogens with one attached hydrogen (secondary N) is 1. The first-order chi connectivity index (χ1) is 15.3. The zero-order chi connectivity index (χ0) is 23.3. The zero-order valence-corrected chi connectivity index (χ0v) is 20.1. The van der Waals surface area contributed by atoms with Gasteiger partial charge >= 0.3 is 0 Å². The summed E-state index contributed by atoms with van der Waals surface area (Å²) in [5.74, 6) is 0.451. The molecule has 0 saturated carbocycles. The van der Waals surface area contributed by atoms with Gasteiger partial charge in [-0.2, -0.15) is 4.31 Å². The van der Waals surface area contributed by atoms with Gasteiger partial charge in [0.2, 0.25) is 10.0 Å². The van der Waals surface area contributed by atoms with E-state index in [1.807, 2.05) is 43.3 Å². The van der Waals surface area contributed by atoms with Gasteiger partial charge in [-0.1, -0.05) is 30.7 Å². The number of carbonyl (C=O) groups excluding carboxylic acids is 1. The van der Waals surface area contributed by atoms with Crippen LogP contribution in [0, 0.1) is 6.92 Å². The van der Waals surface area contributed by atoms with Gasteiger partial charge in [0.1, 0.15) is 5.75 Å². The number of para-hydroxylation sites is 1. The number of hydrogen-bond acceptors (Lipinski definition) is 5. The largest absolute Gasteiger partial charge is 0.496 e. The Kier molecular flexibility index (Phi) is 7.92. The smallest absolute Gasteiger partial charge is 0.251 e. The molecule has 32 heavy (non-hydrogen) atoms. The lowest BCUT2D eigenvalue weighted by Crippen LogP contribution is -2.36. The van der Waals surface area contributed by atoms with Crippen molar-refractivity contribution in [2.75, 3.05) is 40.8 Å². The van der Waals surface area contributed by atoms with Crippen LogP contribution in [0.5, 0.6) is 5.75 Å². The maximum Gasteiger partial charge on any atom is 0.251 e. The molecule has 0 spiro atoms. The van der Waals surface area contributed by atoms with Crippen molar-refractivity contribution in [2.45, 2.75) is 37.1 Å². The summed E-state index contributed by atoms with van der Waals surface area (Å²) in [5.41, 5.74) is 1.95. The van der Waals surface area contributed by atoms with Crippen LogP contribution in [0.2, 0.25) is 0 Å². The predicted octanol–water partition coefficient (Wildman–Crippen LogP) is 3.21. The minimum absolute atomic E-state index is 0.0999. The molecule has 8 heteroatoms. The van der Waals surface area contributed by atoms with Gasteiger partial charge in [-0.15, -0.1) is 0 Å². The van der Waals surface area contributed by atoms with E-state index < -0.39 is 10.0 Å². The summed E-state index contributed by atoms with van der Waals surface area (Å²) >= 11 is 0. The number of methoxy groups -OCH3 is 1. The van der Waals surface area contributed by atoms with E-state index in [0.29, 0.717) is 30.8 Å². The van der Waals surface area contributed by atoms with E-state index in [1.165, 1.54) is 10.4 Å². The second-order valence-corrected chi connectivity index (χ2v) is 10.3. The molecule has 1 amide bonds. The molecule has 2 aromatic rings. The van der Waals surface area contributed by atoms with Gasteiger partial charge in [0, 0.05) is 30.8 Å². The van der Waals surface area contributed by atoms with Gasteiger partial charge in [0.25, 0.3) is 5.91 Å². The monoisotopic (exact) mass is 459 g/mol. The maximum absolute atomic E-state index is 13.2. The quantitative estimate of drug-likeness (QED) is 0.656. The molecule has 0 bridgehead atoms. The van der Waals surface area contributed by atoms with Gasteiger partial charge in [-0.3, -0.25) is 4.79 Å². The first-order valence-corrected chi connectivity index (χ1v) is 12.4. The summed E-state index contributed by atoms with van der Waals surface area (Å²) in [6.45, 7) is 3.18. The highest BCUT2D eigenvalue weighted by molar-refractivity contribution is 7.89. The van der Waals surface area contributed by atoms with E-state index in [4.69, 9.17) is 4.74 Å². The average Bonchev–Trinajstić information content (AvgIpc) is 2.80. The topological polar surface area (TPSA) is 78.9 Å². The van der Waals surface area contributed by atoms with Crippen molar-refractivity contribution < 1.29 is 17.9 Å². The number of benzene rings is 2. The Morgan fingerprint density at radius 3 is 2.47 bits per heavy atom. The number of piperidine rings is 1. The Balaban J connectivity index is 1.80. The normalized spacial score (nSPS) is 16.0. The lowest BCUT2D eigenvalue weighted by Gasteiger charge is -2.27. The fraction of sp³-hybridized carbons (Fsp3) is 0.458. The van der Waals surface area contributed by atoms with Crippen LogP contribution in [0.1, 0.15) is 46.8 Å². The Labute approximate surface area is 191 Å². The number of sulfonamides is 1. The molecular weight excluding hydrogens is 426 g/mol. The third-order valence-corrected chi connectivity index (χ3v) is 8.00. The number of carbonyl (C=O) groups is 1. The van der Waals surface area contributed by atoms with Crippen LogP contribution < -0.4 is 10.1 Å². The molecule has 1 saturated heterocycles. The first kappa shape index (κ1) is 24.2. The summed E-state index contributed by atoms with van der Waals surface area (Å²) < 4.78 is 33.3. The van der Waals surface area contributed by atoms with Gasteiger partial charge < -0.3 is 15.0 Å². The molecule has 0 aliphatic carbocycles. The predicted molar refractivity (Wildman–Crippen MR) is 126 cm³/mol. The zero-order valence-electron chi connectivity index (χ0n) is 19.3. The van der Waals surface area contributed by atoms with Crippen LogP contribution in [-0.2, 0) is 10.0 Å². The standard InChI is InChI=1S/C24H33N3O4S/c1-18-12-13-19(16-23(18)32(29,30)27-14-8-5-9-15-27)24(28)25-17-21(26(2)3)20-10-6-7-11-22(20)31-4/h6-7,10-13,16,21H,5,8-9,14-15,17H2,1-4H3,(H,25,28)/t21-/m1/s1. The first-order valence-electron chi connectivity index (χ1n) is 10.9. The van der Waals surface area contributed by atoms with Crippen LogP contribution in [-0.4, -0.2) is 64.4 Å². The highest BCUT2D eigenvalue weighted by Crippen LogP contribution is 2.28. The van der Waals surface area contributed by atoms with Crippen LogP contribution in [0.15, 0.2) is 47.4 Å². The van der Waals surface area contributed by atoms with Crippen LogP contribution in [0.3, 0.4) is 0 Å². The minimum Gasteiger partial charge on any atom is -0.496 e. The van der Waals surface area contributed by atoms with Crippen molar-refractivity contribution in [1.29, 1.82) is 0 Å². The van der Waals surface area contributed by atoms with Crippen molar-refractivity contribution in [3.05, 3.63) is 59.2 Å². The third-order valence-electron chi connectivity index (χ3n) is 5.96. The van der Waals surface area contributed by atoms with Crippen LogP contribution in [0.4, 0.5) is 0 Å². The summed E-state index contributed by atoms with van der Waals surface area (Å²) in [5, 5.41) is 2.96. The lowest BCUT2D eigenvalue weighted by molar-refractivity contribution is 0.0941. The van der Waals surface area contributed by atoms with E-state index in [9.17, 15) is 13.2 Å². The lowest BCUT2D eigenvalue weighted by atomic mass is 10.0. The van der Waals surface area contributed by atoms with E-state index in [0.717, 1.165) is 30.6 Å². The van der Waals surface area contributed by atoms with Crippen molar-refractivity contribution in [1.82, 2.24) is 14.5 Å². The highest BCUT2D eigenvalue weighted by atomic mass is 32.2. The molecule has 7 nitrogen and oxygen atoms in total. The fourth-order valence-electron chi connectivity index (χ4n) is 4.07. The number of likely N-dealkylation sites (N-methyl/N-ethyl adjacent to an activating group) is 1. The minimum atomic E-state index is -3.62. The van der Waals surface area contributed by atoms with Crippen molar-refractivity contribution in [2.24, 2.45) is 0 Å². The Hall–Kier alpha value is -2.42. The Morgan fingerprint density at radius 2 is 1.81 bits per heavy atom. The van der Waals surface area contributed by atoms with E-state index in [2.05, 4.69) is 5.32 Å². The highest BCUT2D eigenvalue weighted by Gasteiger charge is 2.28. The molecule has 1 N–H and O–H groups in total. The molecule has 1 fully saturated rings. The Morgan fingerprint density at radius 1 is 1.12 bits per heavy atom. The fourth-order valence-corrected chi connectivity index (χ4v) is 5.84. The number of rotatable bonds is 8. The number of nitrogens with zero attached hydrogens (tertiary/aromatic N) is 2. The molecule has 1 atom stereocenters. The van der Waals surface area contributed by atoms with Crippen LogP contribution in [0.25, 0.3) is 0 Å². The number of amides is 1. The molecular formula is C24H33N3O4S. The van der Waals surface area contributed by atoms with Gasteiger partial charge in [0.05, 0.1) is 18.0 Å². The summed E-state index contributed by atoms with van der Waals surface area (Å²) in [6, 6.07) is 12.5. The molecule has 174 valence electrons. The molecule has 3 rings (SSSR count). The molecule has 2 aromatic carbocycles. The third kappa shape index (κ3) is 5.31. The summed E-state index contributed by atoms with van der Waals surface area (Å²) in [7, 11) is 1.89. The van der Waals surface area contributed by atoms with E-state index in [1.54, 1.807) is 26.2 Å². The molecule has 1 aliphatic heterocycles. The Bertz CT molecular complexity index is 1050. The summed E-state index contributed by atoms with van der Waals surface area (Å²) in [4.78, 5) is 15.2. The van der Waals surface area contributed by atoms with Gasteiger partial charge in [-0.25, -0.2) is 8.42 Å². The van der Waals surface area contributed by atoms with E-state index >= 15 is 0 Å². The van der Waals surface area contributed by atoms with Crippen molar-refractivity contribution in [3.8, 4) is 5.75 Å². The second kappa shape index (κ2) is 10.5. The molecule has 0 unspecified atom stereocenters. The maximum atomic E-state index is 13.2. The number of hydrogen-bond donors (Lipinski definition) is 1. The van der Waals surface area contributed by atoms with Crippen molar-refractivity contribution >= 4 is 15.9 Å².